The number of rotatable bonds is 7. The second-order valence-corrected chi connectivity index (χ2v) is 9.35. The van der Waals surface area contributed by atoms with E-state index in [2.05, 4.69) is 10.3 Å². The predicted octanol–water partition coefficient (Wildman–Crippen LogP) is 4.53. The standard InChI is InChI=1S/C23H28Cl2N4O2/c24-19-3-4-22(28-12-14-5-7-31-8-6-14)29-23(19)18-10-17(27-13-20(18)25)11-21(30)15-1-2-16(26)9-15/h3-4,10,13-16H,1-2,5-9,11-12,26H2,(H,28,29)/t15-,16+/m0/s1. The van der Waals surface area contributed by atoms with Crippen LogP contribution >= 0.6 is 23.2 Å². The summed E-state index contributed by atoms with van der Waals surface area (Å²) in [5.74, 6) is 1.52. The smallest absolute Gasteiger partial charge is 0.141 e. The number of ether oxygens (including phenoxy) is 1. The van der Waals surface area contributed by atoms with Gasteiger partial charge in [0.2, 0.25) is 0 Å². The highest BCUT2D eigenvalue weighted by atomic mass is 35.5. The molecular formula is C23H28Cl2N4O2. The fourth-order valence-electron chi connectivity index (χ4n) is 4.32. The van der Waals surface area contributed by atoms with Crippen LogP contribution in [0, 0.1) is 11.8 Å². The van der Waals surface area contributed by atoms with Gasteiger partial charge in [-0.2, -0.15) is 0 Å². The van der Waals surface area contributed by atoms with Gasteiger partial charge in [0.1, 0.15) is 11.6 Å². The molecule has 8 heteroatoms. The Morgan fingerprint density at radius 3 is 2.71 bits per heavy atom. The van der Waals surface area contributed by atoms with Gasteiger partial charge in [0.05, 0.1) is 15.7 Å². The lowest BCUT2D eigenvalue weighted by Crippen LogP contribution is -2.22. The lowest BCUT2D eigenvalue weighted by molar-refractivity contribution is -0.122. The molecule has 6 nitrogen and oxygen atoms in total. The molecule has 1 aliphatic heterocycles. The lowest BCUT2D eigenvalue weighted by Gasteiger charge is -2.22. The van der Waals surface area contributed by atoms with Gasteiger partial charge in [-0.3, -0.25) is 9.78 Å². The van der Waals surface area contributed by atoms with Crippen molar-refractivity contribution in [2.45, 2.75) is 44.6 Å². The molecule has 3 heterocycles. The third-order valence-electron chi connectivity index (χ3n) is 6.21. The maximum absolute atomic E-state index is 12.7. The molecule has 166 valence electrons. The van der Waals surface area contributed by atoms with Crippen molar-refractivity contribution in [3.63, 3.8) is 0 Å². The van der Waals surface area contributed by atoms with Crippen LogP contribution in [0.25, 0.3) is 11.3 Å². The Bertz CT molecular complexity index is 934. The van der Waals surface area contributed by atoms with E-state index in [-0.39, 0.29) is 24.2 Å². The molecule has 1 aliphatic carbocycles. The first-order valence-corrected chi connectivity index (χ1v) is 11.7. The summed E-state index contributed by atoms with van der Waals surface area (Å²) in [5, 5.41) is 4.37. The second-order valence-electron chi connectivity index (χ2n) is 8.53. The highest BCUT2D eigenvalue weighted by Crippen LogP contribution is 2.33. The Balaban J connectivity index is 1.49. The molecule has 1 saturated carbocycles. The van der Waals surface area contributed by atoms with E-state index in [0.29, 0.717) is 32.9 Å². The molecule has 2 aromatic heterocycles. The van der Waals surface area contributed by atoms with E-state index in [4.69, 9.17) is 38.7 Å². The van der Waals surface area contributed by atoms with Gasteiger partial charge in [0.25, 0.3) is 0 Å². The van der Waals surface area contributed by atoms with Crippen LogP contribution in [-0.4, -0.2) is 41.6 Å². The Hall–Kier alpha value is -1.73. The van der Waals surface area contributed by atoms with Crippen molar-refractivity contribution in [1.82, 2.24) is 9.97 Å². The summed E-state index contributed by atoms with van der Waals surface area (Å²) < 4.78 is 5.42. The molecule has 2 aliphatic rings. The van der Waals surface area contributed by atoms with Crippen molar-refractivity contribution in [2.75, 3.05) is 25.1 Å². The number of pyridine rings is 2. The number of nitrogens with zero attached hydrogens (tertiary/aromatic N) is 2. The zero-order valence-electron chi connectivity index (χ0n) is 17.4. The number of hydrogen-bond acceptors (Lipinski definition) is 6. The number of hydrogen-bond donors (Lipinski definition) is 2. The molecule has 2 aromatic rings. The number of nitrogens with one attached hydrogen (secondary N) is 1. The quantitative estimate of drug-likeness (QED) is 0.627. The van der Waals surface area contributed by atoms with Gasteiger partial charge in [0, 0.05) is 55.6 Å². The second kappa shape index (κ2) is 10.3. The Morgan fingerprint density at radius 1 is 1.16 bits per heavy atom. The number of carbonyl (C=O) groups is 1. The molecule has 1 saturated heterocycles. The third-order valence-corrected chi connectivity index (χ3v) is 6.82. The summed E-state index contributed by atoms with van der Waals surface area (Å²) in [6.07, 6.45) is 6.45. The van der Waals surface area contributed by atoms with Crippen LogP contribution in [0.15, 0.2) is 24.4 Å². The number of halogens is 2. The number of aromatic nitrogens is 2. The van der Waals surface area contributed by atoms with E-state index >= 15 is 0 Å². The minimum atomic E-state index is 0.0235. The van der Waals surface area contributed by atoms with Crippen LogP contribution in [0.3, 0.4) is 0 Å². The van der Waals surface area contributed by atoms with E-state index in [1.54, 1.807) is 6.20 Å². The van der Waals surface area contributed by atoms with Crippen LogP contribution in [0.1, 0.15) is 37.8 Å². The zero-order valence-corrected chi connectivity index (χ0v) is 19.0. The topological polar surface area (TPSA) is 90.1 Å². The van der Waals surface area contributed by atoms with Crippen molar-refractivity contribution < 1.29 is 9.53 Å². The van der Waals surface area contributed by atoms with Crippen LogP contribution in [-0.2, 0) is 16.0 Å². The first kappa shape index (κ1) is 22.5. The van der Waals surface area contributed by atoms with Gasteiger partial charge < -0.3 is 15.8 Å². The molecule has 2 atom stereocenters. The number of Topliss-reactive ketones (excluding diaryl/α,β-unsaturated/α-hetero) is 1. The molecule has 2 fully saturated rings. The molecular weight excluding hydrogens is 435 g/mol. The zero-order chi connectivity index (χ0) is 21.8. The first-order chi connectivity index (χ1) is 15.0. The molecule has 0 spiro atoms. The molecule has 0 bridgehead atoms. The number of carbonyl (C=O) groups excluding carboxylic acids is 1. The van der Waals surface area contributed by atoms with Crippen molar-refractivity contribution in [1.29, 1.82) is 0 Å². The lowest BCUT2D eigenvalue weighted by atomic mass is 9.97. The third kappa shape index (κ3) is 5.75. The molecule has 0 aromatic carbocycles. The van der Waals surface area contributed by atoms with Crippen LogP contribution in [0.4, 0.5) is 5.82 Å². The van der Waals surface area contributed by atoms with Crippen molar-refractivity contribution in [2.24, 2.45) is 17.6 Å². The number of ketones is 1. The fourth-order valence-corrected chi connectivity index (χ4v) is 4.72. The van der Waals surface area contributed by atoms with Gasteiger partial charge in [-0.05, 0) is 56.2 Å². The number of nitrogens with two attached hydrogens (primary N) is 1. The van der Waals surface area contributed by atoms with E-state index < -0.39 is 0 Å². The summed E-state index contributed by atoms with van der Waals surface area (Å²) in [6.45, 7) is 2.46. The SMILES string of the molecule is N[C@@H]1CC[C@H](C(=O)Cc2cc(-c3nc(NCC4CCOCC4)ccc3Cl)c(Cl)cn2)C1. The molecule has 31 heavy (non-hydrogen) atoms. The average Bonchev–Trinajstić information content (AvgIpc) is 3.22. The van der Waals surface area contributed by atoms with Gasteiger partial charge in [-0.1, -0.05) is 23.2 Å². The Kier molecular flexibility index (Phi) is 7.43. The van der Waals surface area contributed by atoms with Gasteiger partial charge >= 0.3 is 0 Å². The summed E-state index contributed by atoms with van der Waals surface area (Å²) in [4.78, 5) is 21.7. The highest BCUT2D eigenvalue weighted by Gasteiger charge is 2.28. The van der Waals surface area contributed by atoms with Crippen LogP contribution in [0.2, 0.25) is 10.0 Å². The normalized spacial score (nSPS) is 21.9. The van der Waals surface area contributed by atoms with E-state index in [1.807, 2.05) is 18.2 Å². The minimum Gasteiger partial charge on any atom is -0.381 e. The average molecular weight is 463 g/mol. The van der Waals surface area contributed by atoms with Gasteiger partial charge in [0.15, 0.2) is 0 Å². The highest BCUT2D eigenvalue weighted by molar-refractivity contribution is 6.36. The molecule has 4 rings (SSSR count). The van der Waals surface area contributed by atoms with Crippen molar-refractivity contribution in [3.8, 4) is 11.3 Å². The maximum atomic E-state index is 12.7. The summed E-state index contributed by atoms with van der Waals surface area (Å²) in [6, 6.07) is 5.64. The largest absolute Gasteiger partial charge is 0.381 e. The maximum Gasteiger partial charge on any atom is 0.141 e. The molecule has 3 N–H and O–H groups in total. The van der Waals surface area contributed by atoms with Crippen molar-refractivity contribution >= 4 is 34.8 Å². The molecule has 0 radical (unpaired) electrons. The van der Waals surface area contributed by atoms with E-state index in [9.17, 15) is 4.79 Å². The fraction of sp³-hybridized carbons (Fsp3) is 0.522. The van der Waals surface area contributed by atoms with Crippen LogP contribution < -0.4 is 11.1 Å². The summed E-state index contributed by atoms with van der Waals surface area (Å²) >= 11 is 12.9. The van der Waals surface area contributed by atoms with Crippen LogP contribution in [0.5, 0.6) is 0 Å². The monoisotopic (exact) mass is 462 g/mol. The number of anilines is 1. The van der Waals surface area contributed by atoms with Gasteiger partial charge in [-0.15, -0.1) is 0 Å². The molecule has 0 unspecified atom stereocenters. The molecule has 0 amide bonds. The van der Waals surface area contributed by atoms with E-state index in [0.717, 1.165) is 57.7 Å². The predicted molar refractivity (Wildman–Crippen MR) is 124 cm³/mol. The first-order valence-electron chi connectivity index (χ1n) is 10.9. The van der Waals surface area contributed by atoms with Crippen molar-refractivity contribution in [3.05, 3.63) is 40.1 Å². The minimum absolute atomic E-state index is 0.0235. The Labute approximate surface area is 192 Å². The Morgan fingerprint density at radius 2 is 1.97 bits per heavy atom. The summed E-state index contributed by atoms with van der Waals surface area (Å²) in [5.41, 5.74) is 7.90. The van der Waals surface area contributed by atoms with Gasteiger partial charge in [-0.25, -0.2) is 4.98 Å². The summed E-state index contributed by atoms with van der Waals surface area (Å²) in [7, 11) is 0. The van der Waals surface area contributed by atoms with E-state index in [1.165, 1.54) is 0 Å².